The predicted molar refractivity (Wildman–Crippen MR) is 109 cm³/mol. The highest BCUT2D eigenvalue weighted by Gasteiger charge is 2.28. The molecular formula is C22H27ClN2O3. The maximum atomic E-state index is 13.3. The molecule has 1 aromatic heterocycles. The summed E-state index contributed by atoms with van der Waals surface area (Å²) in [5, 5.41) is 0.511. The summed E-state index contributed by atoms with van der Waals surface area (Å²) in [6.07, 6.45) is 7.56. The van der Waals surface area contributed by atoms with Crippen molar-refractivity contribution in [2.45, 2.75) is 44.6 Å². The fourth-order valence-corrected chi connectivity index (χ4v) is 4.49. The molecular weight excluding hydrogens is 376 g/mol. The highest BCUT2D eigenvalue weighted by molar-refractivity contribution is 6.32. The lowest BCUT2D eigenvalue weighted by atomic mass is 10.0. The molecule has 2 aliphatic rings. The lowest BCUT2D eigenvalue weighted by Gasteiger charge is -2.31. The van der Waals surface area contributed by atoms with E-state index in [-0.39, 0.29) is 11.9 Å². The van der Waals surface area contributed by atoms with Crippen LogP contribution >= 0.6 is 11.6 Å². The molecule has 150 valence electrons. The number of hydrogen-bond donors (Lipinski definition) is 0. The van der Waals surface area contributed by atoms with Crippen LogP contribution in [0.5, 0.6) is 11.5 Å². The number of ether oxygens (including phenoxy) is 2. The maximum Gasteiger partial charge on any atom is 0.227 e. The van der Waals surface area contributed by atoms with Crippen molar-refractivity contribution in [1.82, 2.24) is 9.47 Å². The minimum atomic E-state index is 0.130. The Labute approximate surface area is 171 Å². The van der Waals surface area contributed by atoms with E-state index in [0.717, 1.165) is 37.8 Å². The van der Waals surface area contributed by atoms with Crippen LogP contribution in [0.1, 0.15) is 49.4 Å². The van der Waals surface area contributed by atoms with E-state index >= 15 is 0 Å². The molecule has 0 unspecified atom stereocenters. The highest BCUT2D eigenvalue weighted by atomic mass is 35.5. The van der Waals surface area contributed by atoms with Gasteiger partial charge in [-0.2, -0.15) is 0 Å². The summed E-state index contributed by atoms with van der Waals surface area (Å²) in [4.78, 5) is 15.3. The molecule has 1 aromatic carbocycles. The molecule has 1 atom stereocenters. The maximum absolute atomic E-state index is 13.3. The van der Waals surface area contributed by atoms with Crippen LogP contribution in [-0.4, -0.2) is 35.1 Å². The number of amides is 1. The molecule has 0 bridgehead atoms. The molecule has 6 heteroatoms. The molecule has 0 spiro atoms. The van der Waals surface area contributed by atoms with Crippen LogP contribution in [0.2, 0.25) is 5.02 Å². The third-order valence-corrected chi connectivity index (χ3v) is 5.90. The summed E-state index contributed by atoms with van der Waals surface area (Å²) < 4.78 is 13.6. The fraction of sp³-hybridized carbons (Fsp3) is 0.500. The lowest BCUT2D eigenvalue weighted by molar-refractivity contribution is -0.133. The zero-order valence-corrected chi connectivity index (χ0v) is 17.1. The number of carbonyl (C=O) groups excluding carboxylic acids is 1. The number of aromatic nitrogens is 1. The van der Waals surface area contributed by atoms with Crippen LogP contribution in [0.25, 0.3) is 0 Å². The number of rotatable bonds is 3. The van der Waals surface area contributed by atoms with Gasteiger partial charge in [0.25, 0.3) is 0 Å². The second-order valence-corrected chi connectivity index (χ2v) is 8.04. The molecule has 0 aliphatic carbocycles. The van der Waals surface area contributed by atoms with Crippen LogP contribution in [-0.2, 0) is 18.3 Å². The van der Waals surface area contributed by atoms with E-state index in [1.165, 1.54) is 12.1 Å². The molecule has 5 nitrogen and oxygen atoms in total. The van der Waals surface area contributed by atoms with E-state index in [2.05, 4.69) is 15.5 Å². The Morgan fingerprint density at radius 3 is 2.86 bits per heavy atom. The van der Waals surface area contributed by atoms with Gasteiger partial charge >= 0.3 is 0 Å². The molecule has 4 rings (SSSR count). The van der Waals surface area contributed by atoms with E-state index in [4.69, 9.17) is 21.1 Å². The molecule has 28 heavy (non-hydrogen) atoms. The monoisotopic (exact) mass is 402 g/mol. The average molecular weight is 403 g/mol. The predicted octanol–water partition coefficient (Wildman–Crippen LogP) is 4.53. The normalized spacial score (nSPS) is 19.8. The molecule has 2 aromatic rings. The number of hydrogen-bond acceptors (Lipinski definition) is 3. The standard InChI is InChI=1S/C22H27ClN2O3/c1-24-9-5-8-18(24)19-7-3-2-4-10-25(19)21(26)15-16-13-17(23)22-20(14-16)27-11-6-12-28-22/h5,8-9,13-14,19H,2-4,6-7,10-12,15H2,1H3/t19-/m1/s1. The van der Waals surface area contributed by atoms with Gasteiger partial charge in [0.1, 0.15) is 0 Å². The topological polar surface area (TPSA) is 43.7 Å². The summed E-state index contributed by atoms with van der Waals surface area (Å²) in [6, 6.07) is 8.04. The SMILES string of the molecule is Cn1cccc1[C@H]1CCCCCN1C(=O)Cc1cc(Cl)c2c(c1)OCCCO2. The van der Waals surface area contributed by atoms with Crippen molar-refractivity contribution in [3.05, 3.63) is 46.7 Å². The zero-order chi connectivity index (χ0) is 19.5. The Hall–Kier alpha value is -2.14. The van der Waals surface area contributed by atoms with Crippen molar-refractivity contribution >= 4 is 17.5 Å². The van der Waals surface area contributed by atoms with Crippen molar-refractivity contribution in [2.75, 3.05) is 19.8 Å². The van der Waals surface area contributed by atoms with Crippen LogP contribution in [0, 0.1) is 0 Å². The van der Waals surface area contributed by atoms with Gasteiger partial charge in [-0.3, -0.25) is 4.79 Å². The van der Waals surface area contributed by atoms with Gasteiger partial charge in [0, 0.05) is 31.9 Å². The summed E-state index contributed by atoms with van der Waals surface area (Å²) in [6.45, 7) is 1.99. The Bertz CT molecular complexity index is 848. The van der Waals surface area contributed by atoms with Gasteiger partial charge in [-0.15, -0.1) is 0 Å². The van der Waals surface area contributed by atoms with Crippen LogP contribution in [0.15, 0.2) is 30.5 Å². The quantitative estimate of drug-likeness (QED) is 0.757. The largest absolute Gasteiger partial charge is 0.489 e. The first-order chi connectivity index (χ1) is 13.6. The Balaban J connectivity index is 1.57. The molecule has 2 aliphatic heterocycles. The Morgan fingerprint density at radius 2 is 2.04 bits per heavy atom. The van der Waals surface area contributed by atoms with Gasteiger partial charge in [0.15, 0.2) is 11.5 Å². The van der Waals surface area contributed by atoms with E-state index in [1.54, 1.807) is 0 Å². The summed E-state index contributed by atoms with van der Waals surface area (Å²) in [5.74, 6) is 1.37. The summed E-state index contributed by atoms with van der Waals surface area (Å²) in [5.41, 5.74) is 2.07. The third-order valence-electron chi connectivity index (χ3n) is 5.62. The Kier molecular flexibility index (Phi) is 5.81. The molecule has 3 heterocycles. The molecule has 0 N–H and O–H groups in total. The van der Waals surface area contributed by atoms with Gasteiger partial charge in [-0.1, -0.05) is 24.4 Å². The molecule has 0 radical (unpaired) electrons. The van der Waals surface area contributed by atoms with E-state index in [1.807, 2.05) is 31.4 Å². The van der Waals surface area contributed by atoms with Crippen molar-refractivity contribution in [3.8, 4) is 11.5 Å². The van der Waals surface area contributed by atoms with E-state index in [0.29, 0.717) is 36.2 Å². The number of benzene rings is 1. The van der Waals surface area contributed by atoms with Crippen molar-refractivity contribution in [1.29, 1.82) is 0 Å². The van der Waals surface area contributed by atoms with Gasteiger partial charge in [-0.05, 0) is 42.7 Å². The number of carbonyl (C=O) groups is 1. The first-order valence-electron chi connectivity index (χ1n) is 10.1. The van der Waals surface area contributed by atoms with Gasteiger partial charge in [-0.25, -0.2) is 0 Å². The van der Waals surface area contributed by atoms with Crippen molar-refractivity contribution in [3.63, 3.8) is 0 Å². The van der Waals surface area contributed by atoms with Gasteiger partial charge in [0.05, 0.1) is 30.7 Å². The minimum absolute atomic E-state index is 0.130. The second-order valence-electron chi connectivity index (χ2n) is 7.63. The minimum Gasteiger partial charge on any atom is -0.489 e. The van der Waals surface area contributed by atoms with Crippen molar-refractivity contribution in [2.24, 2.45) is 7.05 Å². The number of fused-ring (bicyclic) bond motifs is 1. The molecule has 1 amide bonds. The van der Waals surface area contributed by atoms with Gasteiger partial charge < -0.3 is 18.9 Å². The second kappa shape index (κ2) is 8.48. The first-order valence-corrected chi connectivity index (χ1v) is 10.5. The smallest absolute Gasteiger partial charge is 0.227 e. The Morgan fingerprint density at radius 1 is 1.18 bits per heavy atom. The van der Waals surface area contributed by atoms with Crippen LogP contribution < -0.4 is 9.47 Å². The lowest BCUT2D eigenvalue weighted by Crippen LogP contribution is -2.36. The summed E-state index contributed by atoms with van der Waals surface area (Å²) >= 11 is 6.41. The number of nitrogens with zero attached hydrogens (tertiary/aromatic N) is 2. The number of likely N-dealkylation sites (tertiary alicyclic amines) is 1. The number of aryl methyl sites for hydroxylation is 1. The molecule has 0 saturated carbocycles. The molecule has 1 saturated heterocycles. The average Bonchev–Trinajstić information content (AvgIpc) is 2.88. The van der Waals surface area contributed by atoms with E-state index in [9.17, 15) is 4.79 Å². The van der Waals surface area contributed by atoms with Crippen LogP contribution in [0.4, 0.5) is 0 Å². The molecule has 1 fully saturated rings. The first kappa shape index (κ1) is 19.2. The van der Waals surface area contributed by atoms with Crippen LogP contribution in [0.3, 0.4) is 0 Å². The van der Waals surface area contributed by atoms with Gasteiger partial charge in [0.2, 0.25) is 5.91 Å². The highest BCUT2D eigenvalue weighted by Crippen LogP contribution is 2.38. The fourth-order valence-electron chi connectivity index (χ4n) is 4.20. The van der Waals surface area contributed by atoms with Crippen molar-refractivity contribution < 1.29 is 14.3 Å². The third kappa shape index (κ3) is 4.00. The number of halogens is 1. The zero-order valence-electron chi connectivity index (χ0n) is 16.3. The van der Waals surface area contributed by atoms with E-state index < -0.39 is 0 Å². The summed E-state index contributed by atoms with van der Waals surface area (Å²) in [7, 11) is 2.05.